The van der Waals surface area contributed by atoms with E-state index in [-0.39, 0.29) is 12.5 Å². The van der Waals surface area contributed by atoms with E-state index in [0.717, 1.165) is 12.0 Å². The Morgan fingerprint density at radius 3 is 2.88 bits per heavy atom. The van der Waals surface area contributed by atoms with Crippen LogP contribution in [0.1, 0.15) is 25.8 Å². The third-order valence-electron chi connectivity index (χ3n) is 3.93. The van der Waals surface area contributed by atoms with Crippen LogP contribution in [0.4, 0.5) is 0 Å². The molecule has 2 amide bonds. The van der Waals surface area contributed by atoms with Crippen molar-refractivity contribution in [2.24, 2.45) is 5.92 Å². The highest BCUT2D eigenvalue weighted by atomic mass is 35.5. The number of amides is 2. The first-order chi connectivity index (χ1) is 12.4. The Labute approximate surface area is 157 Å². The lowest BCUT2D eigenvalue weighted by Gasteiger charge is -2.24. The number of rotatable bonds is 7. The van der Waals surface area contributed by atoms with Crippen molar-refractivity contribution in [2.75, 3.05) is 19.8 Å². The molecule has 8 heteroatoms. The molecule has 2 N–H and O–H groups in total. The molecule has 1 aromatic carbocycles. The summed E-state index contributed by atoms with van der Waals surface area (Å²) >= 11 is 5.95. The van der Waals surface area contributed by atoms with E-state index in [9.17, 15) is 14.4 Å². The van der Waals surface area contributed by atoms with E-state index in [4.69, 9.17) is 21.1 Å². The SMILES string of the molecule is CCCNC(=O)[C@@H](C)NC(=O)COC(=O)[C@H]1COc2ccc(Cl)cc2C1. The zero-order valence-corrected chi connectivity index (χ0v) is 15.6. The lowest BCUT2D eigenvalue weighted by molar-refractivity contribution is -0.154. The lowest BCUT2D eigenvalue weighted by atomic mass is 9.97. The number of esters is 1. The van der Waals surface area contributed by atoms with Crippen LogP contribution in [-0.4, -0.2) is 43.6 Å². The van der Waals surface area contributed by atoms with Crippen LogP contribution in [0.3, 0.4) is 0 Å². The van der Waals surface area contributed by atoms with Gasteiger partial charge in [-0.3, -0.25) is 14.4 Å². The summed E-state index contributed by atoms with van der Waals surface area (Å²) in [6, 6.07) is 4.54. The second-order valence-electron chi connectivity index (χ2n) is 6.15. The highest BCUT2D eigenvalue weighted by molar-refractivity contribution is 6.30. The minimum absolute atomic E-state index is 0.185. The van der Waals surface area contributed by atoms with Gasteiger partial charge in [-0.1, -0.05) is 18.5 Å². The molecule has 0 unspecified atom stereocenters. The molecule has 0 aromatic heterocycles. The van der Waals surface area contributed by atoms with Gasteiger partial charge in [0.15, 0.2) is 6.61 Å². The molecule has 0 spiro atoms. The van der Waals surface area contributed by atoms with Crippen molar-refractivity contribution >= 4 is 29.4 Å². The molecule has 1 aliphatic heterocycles. The molecule has 7 nitrogen and oxygen atoms in total. The van der Waals surface area contributed by atoms with Gasteiger partial charge >= 0.3 is 5.97 Å². The summed E-state index contributed by atoms with van der Waals surface area (Å²) in [6.45, 7) is 3.79. The van der Waals surface area contributed by atoms with Gasteiger partial charge in [0.25, 0.3) is 5.91 Å². The number of halogens is 1. The highest BCUT2D eigenvalue weighted by Gasteiger charge is 2.28. The van der Waals surface area contributed by atoms with E-state index < -0.39 is 30.4 Å². The number of carbonyl (C=O) groups is 3. The molecular formula is C18H23ClN2O5. The van der Waals surface area contributed by atoms with Gasteiger partial charge in [0.05, 0.1) is 5.92 Å². The number of fused-ring (bicyclic) bond motifs is 1. The van der Waals surface area contributed by atoms with E-state index in [1.165, 1.54) is 0 Å². The molecule has 1 aliphatic rings. The zero-order chi connectivity index (χ0) is 19.1. The summed E-state index contributed by atoms with van der Waals surface area (Å²) < 4.78 is 10.6. The van der Waals surface area contributed by atoms with Gasteiger partial charge in [0.1, 0.15) is 18.4 Å². The molecule has 2 rings (SSSR count). The van der Waals surface area contributed by atoms with Crippen molar-refractivity contribution in [1.29, 1.82) is 0 Å². The quantitative estimate of drug-likeness (QED) is 0.696. The Morgan fingerprint density at radius 1 is 1.38 bits per heavy atom. The van der Waals surface area contributed by atoms with Crippen LogP contribution in [0.15, 0.2) is 18.2 Å². The van der Waals surface area contributed by atoms with Crippen molar-refractivity contribution in [2.45, 2.75) is 32.7 Å². The summed E-state index contributed by atoms with van der Waals surface area (Å²) in [5, 5.41) is 5.74. The molecule has 0 radical (unpaired) electrons. The molecule has 0 saturated carbocycles. The van der Waals surface area contributed by atoms with Crippen LogP contribution in [-0.2, 0) is 25.5 Å². The Bertz CT molecular complexity index is 680. The first-order valence-electron chi connectivity index (χ1n) is 8.55. The van der Waals surface area contributed by atoms with Gasteiger partial charge < -0.3 is 20.1 Å². The first-order valence-corrected chi connectivity index (χ1v) is 8.93. The van der Waals surface area contributed by atoms with Crippen molar-refractivity contribution in [1.82, 2.24) is 10.6 Å². The monoisotopic (exact) mass is 382 g/mol. The third-order valence-corrected chi connectivity index (χ3v) is 4.16. The van der Waals surface area contributed by atoms with E-state index in [1.807, 2.05) is 6.92 Å². The predicted molar refractivity (Wildman–Crippen MR) is 96.0 cm³/mol. The smallest absolute Gasteiger partial charge is 0.313 e. The summed E-state index contributed by atoms with van der Waals surface area (Å²) in [5.41, 5.74) is 0.830. The molecular weight excluding hydrogens is 360 g/mol. The standard InChI is InChI=1S/C18H23ClN2O5/c1-3-6-20-17(23)11(2)21-16(22)10-26-18(24)13-7-12-8-14(19)4-5-15(12)25-9-13/h4-5,8,11,13H,3,6-7,9-10H2,1-2H3,(H,20,23)(H,21,22)/t11-,13-/m1/s1. The molecule has 2 atom stereocenters. The van der Waals surface area contributed by atoms with Crippen molar-refractivity contribution in [3.8, 4) is 5.75 Å². The fraction of sp³-hybridized carbons (Fsp3) is 0.500. The van der Waals surface area contributed by atoms with Crippen LogP contribution in [0, 0.1) is 5.92 Å². The minimum atomic E-state index is -0.695. The molecule has 0 bridgehead atoms. The average molecular weight is 383 g/mol. The lowest BCUT2D eigenvalue weighted by Crippen LogP contribution is -2.46. The molecule has 0 fully saturated rings. The molecule has 0 aliphatic carbocycles. The molecule has 0 saturated heterocycles. The Kier molecular flexibility index (Phi) is 7.26. The highest BCUT2D eigenvalue weighted by Crippen LogP contribution is 2.30. The van der Waals surface area contributed by atoms with Crippen molar-refractivity contribution in [3.63, 3.8) is 0 Å². The molecule has 1 heterocycles. The fourth-order valence-corrected chi connectivity index (χ4v) is 2.71. The van der Waals surface area contributed by atoms with Crippen LogP contribution in [0.5, 0.6) is 5.75 Å². The van der Waals surface area contributed by atoms with Crippen molar-refractivity contribution in [3.05, 3.63) is 28.8 Å². The third kappa shape index (κ3) is 5.62. The number of hydrogen-bond acceptors (Lipinski definition) is 5. The van der Waals surface area contributed by atoms with Crippen molar-refractivity contribution < 1.29 is 23.9 Å². The van der Waals surface area contributed by atoms with Gasteiger partial charge in [0, 0.05) is 11.6 Å². The number of carbonyl (C=O) groups excluding carboxylic acids is 3. The number of ether oxygens (including phenoxy) is 2. The topological polar surface area (TPSA) is 93.7 Å². The molecule has 142 valence electrons. The van der Waals surface area contributed by atoms with Crippen LogP contribution < -0.4 is 15.4 Å². The van der Waals surface area contributed by atoms with Gasteiger partial charge in [-0.15, -0.1) is 0 Å². The van der Waals surface area contributed by atoms with E-state index >= 15 is 0 Å². The average Bonchev–Trinajstić information content (AvgIpc) is 2.63. The first kappa shape index (κ1) is 20.0. The van der Waals surface area contributed by atoms with Crippen LogP contribution >= 0.6 is 11.6 Å². The van der Waals surface area contributed by atoms with E-state index in [0.29, 0.717) is 23.7 Å². The summed E-state index contributed by atoms with van der Waals surface area (Å²) in [6.07, 6.45) is 1.24. The molecule has 1 aromatic rings. The predicted octanol–water partition coefficient (Wildman–Crippen LogP) is 1.47. The summed E-state index contributed by atoms with van der Waals surface area (Å²) in [5.74, 6) is -1.13. The maximum atomic E-state index is 12.2. The maximum Gasteiger partial charge on any atom is 0.313 e. The van der Waals surface area contributed by atoms with Gasteiger partial charge in [-0.25, -0.2) is 0 Å². The number of benzene rings is 1. The normalized spacial score (nSPS) is 16.7. The Morgan fingerprint density at radius 2 is 2.15 bits per heavy atom. The number of hydrogen-bond donors (Lipinski definition) is 2. The number of nitrogens with one attached hydrogen (secondary N) is 2. The zero-order valence-electron chi connectivity index (χ0n) is 14.8. The summed E-state index contributed by atoms with van der Waals surface area (Å²) in [4.78, 5) is 35.7. The van der Waals surface area contributed by atoms with Gasteiger partial charge in [-0.05, 0) is 43.5 Å². The second kappa shape index (κ2) is 9.43. The van der Waals surface area contributed by atoms with Gasteiger partial charge in [-0.2, -0.15) is 0 Å². The van der Waals surface area contributed by atoms with Crippen LogP contribution in [0.25, 0.3) is 0 Å². The Balaban J connectivity index is 1.78. The largest absolute Gasteiger partial charge is 0.492 e. The summed E-state index contributed by atoms with van der Waals surface area (Å²) in [7, 11) is 0. The Hall–Kier alpha value is -2.28. The van der Waals surface area contributed by atoms with E-state index in [2.05, 4.69) is 10.6 Å². The minimum Gasteiger partial charge on any atom is -0.492 e. The van der Waals surface area contributed by atoms with Crippen LogP contribution in [0.2, 0.25) is 5.02 Å². The fourth-order valence-electron chi connectivity index (χ4n) is 2.52. The van der Waals surface area contributed by atoms with Gasteiger partial charge in [0.2, 0.25) is 5.91 Å². The maximum absolute atomic E-state index is 12.2. The second-order valence-corrected chi connectivity index (χ2v) is 6.59. The van der Waals surface area contributed by atoms with E-state index in [1.54, 1.807) is 25.1 Å². The molecule has 26 heavy (non-hydrogen) atoms.